The molecule has 0 aliphatic carbocycles. The Hall–Kier alpha value is -1.73. The lowest BCUT2D eigenvalue weighted by atomic mass is 10.1. The van der Waals surface area contributed by atoms with Crippen molar-refractivity contribution in [2.24, 2.45) is 5.14 Å². The third-order valence-electron chi connectivity index (χ3n) is 4.00. The topological polar surface area (TPSA) is 83.6 Å². The van der Waals surface area contributed by atoms with Crippen LogP contribution in [0.15, 0.2) is 59.5 Å². The number of aliphatic hydroxyl groups is 1. The normalized spacial score (nSPS) is 14.7. The molecule has 0 radical (unpaired) electrons. The maximum atomic E-state index is 11.3. The lowest BCUT2D eigenvalue weighted by Gasteiger charge is -2.27. The average Bonchev–Trinajstić information content (AvgIpc) is 2.54. The highest BCUT2D eigenvalue weighted by molar-refractivity contribution is 7.89. The smallest absolute Gasteiger partial charge is 0.238 e. The van der Waals surface area contributed by atoms with Gasteiger partial charge in [-0.05, 0) is 37.2 Å². The average molecular weight is 334 g/mol. The molecule has 0 saturated carbocycles. The van der Waals surface area contributed by atoms with E-state index in [0.717, 1.165) is 11.1 Å². The second-order valence-electron chi connectivity index (χ2n) is 5.66. The number of nitrogens with two attached hydrogens (primary N) is 1. The van der Waals surface area contributed by atoms with E-state index in [2.05, 4.69) is 0 Å². The van der Waals surface area contributed by atoms with Crippen molar-refractivity contribution in [3.05, 3.63) is 65.7 Å². The molecule has 2 aromatic carbocycles. The lowest BCUT2D eigenvalue weighted by molar-refractivity contribution is 0.108. The fraction of sp³-hybridized carbons (Fsp3) is 0.294. The summed E-state index contributed by atoms with van der Waals surface area (Å²) in [4.78, 5) is 2.12. The Kier molecular flexibility index (Phi) is 5.54. The molecule has 0 bridgehead atoms. The van der Waals surface area contributed by atoms with Crippen LogP contribution in [0.1, 0.15) is 30.2 Å². The minimum atomic E-state index is -3.67. The van der Waals surface area contributed by atoms with Gasteiger partial charge in [0.15, 0.2) is 0 Å². The molecule has 2 aromatic rings. The second kappa shape index (κ2) is 7.23. The van der Waals surface area contributed by atoms with Gasteiger partial charge in [0, 0.05) is 12.6 Å². The molecule has 6 heteroatoms. The summed E-state index contributed by atoms with van der Waals surface area (Å²) >= 11 is 0. The van der Waals surface area contributed by atoms with Crippen molar-refractivity contribution >= 4 is 10.0 Å². The predicted molar refractivity (Wildman–Crippen MR) is 90.3 cm³/mol. The van der Waals surface area contributed by atoms with Crippen LogP contribution in [0.5, 0.6) is 0 Å². The van der Waals surface area contributed by atoms with E-state index < -0.39 is 16.1 Å². The Balaban J connectivity index is 2.06. The van der Waals surface area contributed by atoms with Crippen molar-refractivity contribution in [3.63, 3.8) is 0 Å². The first-order valence-electron chi connectivity index (χ1n) is 7.35. The molecule has 5 nitrogen and oxygen atoms in total. The van der Waals surface area contributed by atoms with E-state index in [1.165, 1.54) is 12.1 Å². The Morgan fingerprint density at radius 2 is 1.61 bits per heavy atom. The van der Waals surface area contributed by atoms with E-state index in [4.69, 9.17) is 5.14 Å². The molecule has 0 amide bonds. The molecule has 2 rings (SSSR count). The SMILES string of the molecule is C[C@H](c1ccc(S(N)(=O)=O)cc1)N(C)C[C@@H](O)c1ccccc1. The number of primary sulfonamides is 1. The minimum absolute atomic E-state index is 0.0305. The summed E-state index contributed by atoms with van der Waals surface area (Å²) in [7, 11) is -1.75. The number of aliphatic hydroxyl groups excluding tert-OH is 1. The van der Waals surface area contributed by atoms with Gasteiger partial charge in [0.05, 0.1) is 11.0 Å². The first-order valence-corrected chi connectivity index (χ1v) is 8.89. The monoisotopic (exact) mass is 334 g/mol. The molecule has 0 fully saturated rings. The van der Waals surface area contributed by atoms with Crippen LogP contribution >= 0.6 is 0 Å². The van der Waals surface area contributed by atoms with Gasteiger partial charge in [-0.2, -0.15) is 0 Å². The number of hydrogen-bond acceptors (Lipinski definition) is 4. The quantitative estimate of drug-likeness (QED) is 0.847. The van der Waals surface area contributed by atoms with Crippen LogP contribution in [0, 0.1) is 0 Å². The Morgan fingerprint density at radius 3 is 2.13 bits per heavy atom. The van der Waals surface area contributed by atoms with E-state index >= 15 is 0 Å². The molecular weight excluding hydrogens is 312 g/mol. The van der Waals surface area contributed by atoms with Crippen LogP contribution in [0.2, 0.25) is 0 Å². The van der Waals surface area contributed by atoms with E-state index in [0.29, 0.717) is 6.54 Å². The van der Waals surface area contributed by atoms with Crippen molar-refractivity contribution in [2.75, 3.05) is 13.6 Å². The van der Waals surface area contributed by atoms with Crippen molar-refractivity contribution < 1.29 is 13.5 Å². The molecule has 23 heavy (non-hydrogen) atoms. The summed E-state index contributed by atoms with van der Waals surface area (Å²) in [6.45, 7) is 2.48. The molecule has 0 spiro atoms. The zero-order chi connectivity index (χ0) is 17.0. The van der Waals surface area contributed by atoms with Gasteiger partial charge >= 0.3 is 0 Å². The van der Waals surface area contributed by atoms with Crippen molar-refractivity contribution in [1.82, 2.24) is 4.90 Å². The number of likely N-dealkylation sites (N-methyl/N-ethyl adjacent to an activating group) is 1. The molecule has 0 aromatic heterocycles. The van der Waals surface area contributed by atoms with Gasteiger partial charge in [-0.3, -0.25) is 4.90 Å². The van der Waals surface area contributed by atoms with Gasteiger partial charge in [0.1, 0.15) is 0 Å². The third kappa shape index (κ3) is 4.62. The first kappa shape index (κ1) is 17.6. The molecule has 0 heterocycles. The molecule has 2 atom stereocenters. The largest absolute Gasteiger partial charge is 0.387 e. The van der Waals surface area contributed by atoms with Gasteiger partial charge in [0.25, 0.3) is 0 Å². The summed E-state index contributed by atoms with van der Waals surface area (Å²) < 4.78 is 22.6. The number of hydrogen-bond donors (Lipinski definition) is 2. The number of benzene rings is 2. The van der Waals surface area contributed by atoms with Gasteiger partial charge in [0.2, 0.25) is 10.0 Å². The summed E-state index contributed by atoms with van der Waals surface area (Å²) in [5.41, 5.74) is 1.83. The molecule has 0 saturated heterocycles. The van der Waals surface area contributed by atoms with Crippen LogP contribution in [-0.4, -0.2) is 32.0 Å². The minimum Gasteiger partial charge on any atom is -0.387 e. The molecule has 124 valence electrons. The van der Waals surface area contributed by atoms with Crippen molar-refractivity contribution in [2.45, 2.75) is 24.0 Å². The third-order valence-corrected chi connectivity index (χ3v) is 4.93. The molecule has 0 aliphatic heterocycles. The van der Waals surface area contributed by atoms with E-state index in [-0.39, 0.29) is 10.9 Å². The molecule has 3 N–H and O–H groups in total. The standard InChI is InChI=1S/C17H22N2O3S/c1-13(14-8-10-16(11-9-14)23(18,21)22)19(2)12-17(20)15-6-4-3-5-7-15/h3-11,13,17,20H,12H2,1-2H3,(H2,18,21,22)/t13-,17-/m1/s1. The second-order valence-corrected chi connectivity index (χ2v) is 7.22. The fourth-order valence-electron chi connectivity index (χ4n) is 2.40. The van der Waals surface area contributed by atoms with E-state index in [1.807, 2.05) is 49.2 Å². The van der Waals surface area contributed by atoms with Crippen LogP contribution in [0.25, 0.3) is 0 Å². The number of sulfonamides is 1. The van der Waals surface area contributed by atoms with E-state index in [1.54, 1.807) is 12.1 Å². The summed E-state index contributed by atoms with van der Waals surface area (Å²) in [6, 6.07) is 16.0. The highest BCUT2D eigenvalue weighted by Crippen LogP contribution is 2.23. The van der Waals surface area contributed by atoms with Crippen LogP contribution in [-0.2, 0) is 10.0 Å². The zero-order valence-electron chi connectivity index (χ0n) is 13.3. The molecular formula is C17H22N2O3S. The number of rotatable bonds is 6. The Bertz CT molecular complexity index is 730. The Morgan fingerprint density at radius 1 is 1.04 bits per heavy atom. The maximum absolute atomic E-state index is 11.3. The maximum Gasteiger partial charge on any atom is 0.238 e. The lowest BCUT2D eigenvalue weighted by Crippen LogP contribution is -2.27. The van der Waals surface area contributed by atoms with Crippen LogP contribution < -0.4 is 5.14 Å². The molecule has 0 aliphatic rings. The van der Waals surface area contributed by atoms with Gasteiger partial charge < -0.3 is 5.11 Å². The Labute approximate surface area is 137 Å². The predicted octanol–water partition coefficient (Wildman–Crippen LogP) is 2.06. The van der Waals surface area contributed by atoms with Crippen molar-refractivity contribution in [3.8, 4) is 0 Å². The zero-order valence-corrected chi connectivity index (χ0v) is 14.1. The van der Waals surface area contributed by atoms with Crippen molar-refractivity contribution in [1.29, 1.82) is 0 Å². The fourth-order valence-corrected chi connectivity index (χ4v) is 2.92. The van der Waals surface area contributed by atoms with Gasteiger partial charge in [-0.1, -0.05) is 42.5 Å². The van der Waals surface area contributed by atoms with Crippen LogP contribution in [0.4, 0.5) is 0 Å². The summed E-state index contributed by atoms with van der Waals surface area (Å²) in [6.07, 6.45) is -0.577. The van der Waals surface area contributed by atoms with Gasteiger partial charge in [-0.15, -0.1) is 0 Å². The highest BCUT2D eigenvalue weighted by Gasteiger charge is 2.17. The van der Waals surface area contributed by atoms with Crippen LogP contribution in [0.3, 0.4) is 0 Å². The number of nitrogens with zero attached hydrogens (tertiary/aromatic N) is 1. The van der Waals surface area contributed by atoms with E-state index in [9.17, 15) is 13.5 Å². The first-order chi connectivity index (χ1) is 10.8. The summed E-state index contributed by atoms with van der Waals surface area (Å²) in [5.74, 6) is 0. The van der Waals surface area contributed by atoms with Gasteiger partial charge in [-0.25, -0.2) is 13.6 Å². The molecule has 0 unspecified atom stereocenters. The summed E-state index contributed by atoms with van der Waals surface area (Å²) in [5, 5.41) is 15.4. The highest BCUT2D eigenvalue weighted by atomic mass is 32.2.